The Bertz CT molecular complexity index is 1100. The number of aromatic amines is 1. The Balaban J connectivity index is 1.95. The first-order valence-electron chi connectivity index (χ1n) is 10.5. The van der Waals surface area contributed by atoms with E-state index in [-0.39, 0.29) is 11.5 Å². The molecular formula is C22H28N4O3. The zero-order valence-corrected chi connectivity index (χ0v) is 17.3. The number of hydrogen-bond donors (Lipinski definition) is 1. The number of benzene rings is 1. The quantitative estimate of drug-likeness (QED) is 0.713. The molecule has 2 aromatic heterocycles. The molecule has 1 aliphatic carbocycles. The third-order valence-corrected chi connectivity index (χ3v) is 6.08. The maximum absolute atomic E-state index is 13.0. The Hall–Kier alpha value is -2.83. The van der Waals surface area contributed by atoms with Gasteiger partial charge in [-0.1, -0.05) is 19.3 Å². The number of aromatic nitrogens is 3. The average Bonchev–Trinajstić information content (AvgIpc) is 3.20. The van der Waals surface area contributed by atoms with Crippen molar-refractivity contribution in [2.75, 3.05) is 20.2 Å². The van der Waals surface area contributed by atoms with E-state index in [4.69, 9.17) is 4.74 Å². The molecule has 7 heteroatoms. The number of carbonyl (C=O) groups excluding carboxylic acids is 1. The monoisotopic (exact) mass is 396 g/mol. The van der Waals surface area contributed by atoms with E-state index in [2.05, 4.69) is 9.97 Å². The third-order valence-electron chi connectivity index (χ3n) is 6.08. The van der Waals surface area contributed by atoms with E-state index in [1.165, 1.54) is 19.3 Å². The summed E-state index contributed by atoms with van der Waals surface area (Å²) in [7, 11) is 1.57. The van der Waals surface area contributed by atoms with Gasteiger partial charge in [-0.3, -0.25) is 14.0 Å². The van der Waals surface area contributed by atoms with Crippen molar-refractivity contribution in [3.05, 3.63) is 40.1 Å². The Morgan fingerprint density at radius 2 is 1.93 bits per heavy atom. The van der Waals surface area contributed by atoms with Gasteiger partial charge < -0.3 is 14.6 Å². The highest BCUT2D eigenvalue weighted by Gasteiger charge is 2.24. The second-order valence-electron chi connectivity index (χ2n) is 7.67. The first-order chi connectivity index (χ1) is 14.1. The van der Waals surface area contributed by atoms with Crippen molar-refractivity contribution in [3.8, 4) is 5.75 Å². The van der Waals surface area contributed by atoms with Gasteiger partial charge in [0.2, 0.25) is 0 Å². The van der Waals surface area contributed by atoms with Crippen LogP contribution in [0.5, 0.6) is 5.75 Å². The highest BCUT2D eigenvalue weighted by atomic mass is 16.5. The largest absolute Gasteiger partial charge is 0.496 e. The van der Waals surface area contributed by atoms with Crippen LogP contribution in [-0.4, -0.2) is 45.4 Å². The number of rotatable bonds is 5. The van der Waals surface area contributed by atoms with Gasteiger partial charge in [0.25, 0.3) is 11.5 Å². The lowest BCUT2D eigenvalue weighted by atomic mass is 9.88. The molecule has 0 saturated heterocycles. The first-order valence-corrected chi connectivity index (χ1v) is 10.5. The lowest BCUT2D eigenvalue weighted by Crippen LogP contribution is -2.30. The minimum atomic E-state index is -0.196. The van der Waals surface area contributed by atoms with Crippen LogP contribution in [0.15, 0.2) is 23.1 Å². The van der Waals surface area contributed by atoms with Crippen LogP contribution in [0, 0.1) is 0 Å². The Labute approximate surface area is 169 Å². The first kappa shape index (κ1) is 19.5. The highest BCUT2D eigenvalue weighted by Crippen LogP contribution is 2.34. The molecule has 0 atom stereocenters. The van der Waals surface area contributed by atoms with Crippen LogP contribution in [0.4, 0.5) is 0 Å². The van der Waals surface area contributed by atoms with E-state index in [9.17, 15) is 9.59 Å². The van der Waals surface area contributed by atoms with Crippen LogP contribution in [0.2, 0.25) is 0 Å². The Morgan fingerprint density at radius 3 is 2.59 bits per heavy atom. The second-order valence-corrected chi connectivity index (χ2v) is 7.67. The number of imidazole rings is 1. The molecule has 4 rings (SSSR count). The minimum absolute atomic E-state index is 0.104. The standard InChI is InChI=1S/C22H28N4O3/c1-4-25(5-2)22(28)15-11-16-17(12-19(15)29-3)26-18(21(27)24-16)13-23-20(26)14-9-7-6-8-10-14/h11-14H,4-10H2,1-3H3,(H,24,27). The van der Waals surface area contributed by atoms with Crippen LogP contribution in [-0.2, 0) is 0 Å². The fraction of sp³-hybridized carbons (Fsp3) is 0.500. The van der Waals surface area contributed by atoms with Gasteiger partial charge in [0, 0.05) is 25.1 Å². The number of nitrogens with zero attached hydrogens (tertiary/aromatic N) is 3. The van der Waals surface area contributed by atoms with Gasteiger partial charge in [0.1, 0.15) is 17.1 Å². The van der Waals surface area contributed by atoms with E-state index in [0.717, 1.165) is 24.2 Å². The number of carbonyl (C=O) groups is 1. The summed E-state index contributed by atoms with van der Waals surface area (Å²) in [6, 6.07) is 3.59. The van der Waals surface area contributed by atoms with Gasteiger partial charge in [0.05, 0.1) is 29.9 Å². The van der Waals surface area contributed by atoms with Gasteiger partial charge in [0.15, 0.2) is 0 Å². The lowest BCUT2D eigenvalue weighted by molar-refractivity contribution is 0.0770. The third kappa shape index (κ3) is 3.28. The smallest absolute Gasteiger partial charge is 0.274 e. The van der Waals surface area contributed by atoms with Crippen LogP contribution in [0.3, 0.4) is 0 Å². The lowest BCUT2D eigenvalue weighted by Gasteiger charge is -2.22. The number of fused-ring (bicyclic) bond motifs is 3. The molecular weight excluding hydrogens is 368 g/mol. The fourth-order valence-electron chi connectivity index (χ4n) is 4.49. The SMILES string of the molecule is CCN(CC)C(=O)c1cc2[nH]c(=O)c3cnc(C4CCCCC4)n3c2cc1OC. The molecule has 1 aliphatic rings. The number of H-pyrrole nitrogens is 1. The van der Waals surface area contributed by atoms with Crippen molar-refractivity contribution in [2.45, 2.75) is 51.9 Å². The molecule has 0 unspecified atom stereocenters. The molecule has 1 amide bonds. The Kier molecular flexibility index (Phi) is 5.30. The van der Waals surface area contributed by atoms with Gasteiger partial charge >= 0.3 is 0 Å². The number of hydrogen-bond acceptors (Lipinski definition) is 4. The van der Waals surface area contributed by atoms with Gasteiger partial charge in [-0.2, -0.15) is 0 Å². The van der Waals surface area contributed by atoms with E-state index in [1.54, 1.807) is 24.3 Å². The van der Waals surface area contributed by atoms with Crippen molar-refractivity contribution in [3.63, 3.8) is 0 Å². The van der Waals surface area contributed by atoms with Gasteiger partial charge in [-0.25, -0.2) is 4.98 Å². The van der Waals surface area contributed by atoms with Gasteiger partial charge in [-0.05, 0) is 32.8 Å². The summed E-state index contributed by atoms with van der Waals surface area (Å²) in [5.41, 5.74) is 2.22. The molecule has 0 radical (unpaired) electrons. The summed E-state index contributed by atoms with van der Waals surface area (Å²) in [5.74, 6) is 1.68. The molecule has 7 nitrogen and oxygen atoms in total. The van der Waals surface area contributed by atoms with E-state index >= 15 is 0 Å². The number of ether oxygens (including phenoxy) is 1. The number of nitrogens with one attached hydrogen (secondary N) is 1. The van der Waals surface area contributed by atoms with Crippen LogP contribution in [0.1, 0.15) is 68.1 Å². The summed E-state index contributed by atoms with van der Waals surface area (Å²) >= 11 is 0. The molecule has 0 spiro atoms. The van der Waals surface area contributed by atoms with Crippen LogP contribution in [0.25, 0.3) is 16.6 Å². The maximum atomic E-state index is 13.0. The minimum Gasteiger partial charge on any atom is -0.496 e. The summed E-state index contributed by atoms with van der Waals surface area (Å²) in [4.78, 5) is 35.0. The summed E-state index contributed by atoms with van der Waals surface area (Å²) in [6.07, 6.45) is 7.46. The number of amides is 1. The molecule has 1 N–H and O–H groups in total. The zero-order valence-electron chi connectivity index (χ0n) is 17.3. The van der Waals surface area contributed by atoms with Crippen molar-refractivity contribution in [1.82, 2.24) is 19.3 Å². The van der Waals surface area contributed by atoms with Crippen LogP contribution < -0.4 is 10.3 Å². The summed E-state index contributed by atoms with van der Waals surface area (Å²) in [5, 5.41) is 0. The van der Waals surface area contributed by atoms with Crippen molar-refractivity contribution in [2.24, 2.45) is 0 Å². The van der Waals surface area contributed by atoms with Crippen molar-refractivity contribution < 1.29 is 9.53 Å². The topological polar surface area (TPSA) is 79.7 Å². The maximum Gasteiger partial charge on any atom is 0.274 e. The van der Waals surface area contributed by atoms with Crippen molar-refractivity contribution in [1.29, 1.82) is 0 Å². The molecule has 1 aromatic carbocycles. The molecule has 154 valence electrons. The molecule has 2 heterocycles. The summed E-state index contributed by atoms with van der Waals surface area (Å²) < 4.78 is 7.54. The molecule has 0 aliphatic heterocycles. The van der Waals surface area contributed by atoms with E-state index < -0.39 is 0 Å². The average molecular weight is 396 g/mol. The normalized spacial score (nSPS) is 15.1. The van der Waals surface area contributed by atoms with Gasteiger partial charge in [-0.15, -0.1) is 0 Å². The molecule has 3 aromatic rings. The van der Waals surface area contributed by atoms with E-state index in [0.29, 0.717) is 41.4 Å². The molecule has 1 fully saturated rings. The molecule has 1 saturated carbocycles. The summed E-state index contributed by atoms with van der Waals surface area (Å²) in [6.45, 7) is 5.11. The Morgan fingerprint density at radius 1 is 1.21 bits per heavy atom. The fourth-order valence-corrected chi connectivity index (χ4v) is 4.49. The molecule has 0 bridgehead atoms. The second kappa shape index (κ2) is 7.89. The molecule has 29 heavy (non-hydrogen) atoms. The van der Waals surface area contributed by atoms with E-state index in [1.807, 2.05) is 24.3 Å². The predicted molar refractivity (Wildman–Crippen MR) is 113 cm³/mol. The predicted octanol–water partition coefficient (Wildman–Crippen LogP) is 3.71. The zero-order chi connectivity index (χ0) is 20.5. The van der Waals surface area contributed by atoms with Crippen molar-refractivity contribution >= 4 is 22.5 Å². The highest BCUT2D eigenvalue weighted by molar-refractivity contribution is 6.00. The number of methoxy groups -OCH3 is 1. The van der Waals surface area contributed by atoms with Crippen LogP contribution >= 0.6 is 0 Å².